The Morgan fingerprint density at radius 3 is 2.59 bits per heavy atom. The lowest BCUT2D eigenvalue weighted by atomic mass is 9.94. The van der Waals surface area contributed by atoms with Gasteiger partial charge in [-0.1, -0.05) is 27.2 Å². The fraction of sp³-hybridized carbons (Fsp3) is 0.786. The minimum atomic E-state index is 0.432. The molecule has 0 aliphatic carbocycles. The molecule has 0 saturated carbocycles. The first-order valence-corrected chi connectivity index (χ1v) is 6.91. The molecule has 1 rings (SSSR count). The molecule has 1 aromatic rings. The van der Waals surface area contributed by atoms with Crippen LogP contribution in [0, 0.1) is 12.8 Å². The van der Waals surface area contributed by atoms with Crippen LogP contribution < -0.4 is 5.32 Å². The number of nitrogens with zero attached hydrogens (tertiary/aromatic N) is 2. The molecule has 1 aromatic heterocycles. The topological polar surface area (TPSA) is 29.9 Å². The summed E-state index contributed by atoms with van der Waals surface area (Å²) in [6.07, 6.45) is 2.49. The van der Waals surface area contributed by atoms with Gasteiger partial charge < -0.3 is 5.32 Å². The van der Waals surface area contributed by atoms with Gasteiger partial charge in [-0.05, 0) is 38.8 Å². The molecule has 17 heavy (non-hydrogen) atoms. The number of rotatable bonds is 7. The van der Waals surface area contributed by atoms with Crippen LogP contribution in [0.4, 0.5) is 0 Å². The summed E-state index contributed by atoms with van der Waals surface area (Å²) in [5.74, 6) is 0.654. The van der Waals surface area contributed by atoms with Crippen molar-refractivity contribution in [1.29, 1.82) is 0 Å². The predicted octanol–water partition coefficient (Wildman–Crippen LogP) is 3.30. The van der Waals surface area contributed by atoms with Crippen molar-refractivity contribution in [2.45, 2.75) is 60.0 Å². The summed E-state index contributed by atoms with van der Waals surface area (Å²) in [4.78, 5) is 0. The van der Waals surface area contributed by atoms with Gasteiger partial charge in [-0.2, -0.15) is 5.10 Å². The maximum Gasteiger partial charge on any atom is 0.0597 e. The van der Waals surface area contributed by atoms with Crippen molar-refractivity contribution in [1.82, 2.24) is 15.1 Å². The van der Waals surface area contributed by atoms with Gasteiger partial charge in [0.2, 0.25) is 0 Å². The SMILES string of the molecule is CCCC(C)C(NCC)c1cc(C)nn1CC. The molecule has 0 spiro atoms. The number of aromatic nitrogens is 2. The van der Waals surface area contributed by atoms with Crippen molar-refractivity contribution in [2.24, 2.45) is 5.92 Å². The van der Waals surface area contributed by atoms with Crippen LogP contribution in [0.25, 0.3) is 0 Å². The molecule has 3 nitrogen and oxygen atoms in total. The van der Waals surface area contributed by atoms with Gasteiger partial charge in [0, 0.05) is 6.54 Å². The average Bonchev–Trinajstić information content (AvgIpc) is 2.67. The molecule has 0 saturated heterocycles. The Balaban J connectivity index is 2.95. The van der Waals surface area contributed by atoms with Crippen LogP contribution in [0.3, 0.4) is 0 Å². The Morgan fingerprint density at radius 1 is 1.35 bits per heavy atom. The van der Waals surface area contributed by atoms with E-state index < -0.39 is 0 Å². The van der Waals surface area contributed by atoms with E-state index in [2.05, 4.69) is 55.8 Å². The molecule has 2 atom stereocenters. The van der Waals surface area contributed by atoms with Crippen LogP contribution in [0.2, 0.25) is 0 Å². The van der Waals surface area contributed by atoms with Gasteiger partial charge in [0.15, 0.2) is 0 Å². The second kappa shape index (κ2) is 6.80. The molecule has 1 heterocycles. The summed E-state index contributed by atoms with van der Waals surface area (Å²) in [7, 11) is 0. The Morgan fingerprint density at radius 2 is 2.06 bits per heavy atom. The second-order valence-electron chi connectivity index (χ2n) is 4.83. The Labute approximate surface area is 106 Å². The smallest absolute Gasteiger partial charge is 0.0597 e. The average molecular weight is 237 g/mol. The normalized spacial score (nSPS) is 14.9. The first-order chi connectivity index (χ1) is 8.13. The zero-order valence-corrected chi connectivity index (χ0v) is 12.0. The van der Waals surface area contributed by atoms with Crippen LogP contribution in [-0.4, -0.2) is 16.3 Å². The van der Waals surface area contributed by atoms with E-state index in [4.69, 9.17) is 0 Å². The van der Waals surface area contributed by atoms with Crippen molar-refractivity contribution in [2.75, 3.05) is 6.54 Å². The molecule has 0 aliphatic rings. The largest absolute Gasteiger partial charge is 0.309 e. The van der Waals surface area contributed by atoms with Gasteiger partial charge in [0.25, 0.3) is 0 Å². The van der Waals surface area contributed by atoms with E-state index in [0.29, 0.717) is 12.0 Å². The maximum absolute atomic E-state index is 4.55. The van der Waals surface area contributed by atoms with Gasteiger partial charge in [-0.3, -0.25) is 4.68 Å². The fourth-order valence-corrected chi connectivity index (χ4v) is 2.51. The molecule has 0 aliphatic heterocycles. The highest BCUT2D eigenvalue weighted by molar-refractivity contribution is 5.14. The summed E-state index contributed by atoms with van der Waals surface area (Å²) in [6.45, 7) is 12.9. The standard InChI is InChI=1S/C14H27N3/c1-6-9-11(4)14(15-7-2)13-10-12(5)16-17(13)8-3/h10-11,14-15H,6-9H2,1-5H3. The quantitative estimate of drug-likeness (QED) is 0.788. The van der Waals surface area contributed by atoms with Crippen LogP contribution in [0.1, 0.15) is 58.0 Å². The molecule has 0 fully saturated rings. The Hall–Kier alpha value is -0.830. The highest BCUT2D eigenvalue weighted by Crippen LogP contribution is 2.26. The summed E-state index contributed by atoms with van der Waals surface area (Å²) >= 11 is 0. The monoisotopic (exact) mass is 237 g/mol. The van der Waals surface area contributed by atoms with Crippen molar-refractivity contribution < 1.29 is 0 Å². The lowest BCUT2D eigenvalue weighted by Gasteiger charge is -2.25. The molecule has 98 valence electrons. The first kappa shape index (κ1) is 14.2. The lowest BCUT2D eigenvalue weighted by Crippen LogP contribution is -2.29. The third-order valence-electron chi connectivity index (χ3n) is 3.29. The summed E-state index contributed by atoms with van der Waals surface area (Å²) in [5.41, 5.74) is 2.46. The second-order valence-corrected chi connectivity index (χ2v) is 4.83. The van der Waals surface area contributed by atoms with E-state index in [-0.39, 0.29) is 0 Å². The van der Waals surface area contributed by atoms with E-state index in [1.807, 2.05) is 0 Å². The number of aryl methyl sites for hydroxylation is 2. The summed E-state index contributed by atoms with van der Waals surface area (Å²) in [6, 6.07) is 2.66. The Kier molecular flexibility index (Phi) is 5.69. The van der Waals surface area contributed by atoms with Crippen molar-refractivity contribution in [3.05, 3.63) is 17.5 Å². The molecule has 0 radical (unpaired) electrons. The van der Waals surface area contributed by atoms with Crippen LogP contribution in [-0.2, 0) is 6.54 Å². The van der Waals surface area contributed by atoms with Gasteiger partial charge in [0.1, 0.15) is 0 Å². The van der Waals surface area contributed by atoms with Crippen LogP contribution in [0.15, 0.2) is 6.07 Å². The number of hydrogen-bond donors (Lipinski definition) is 1. The van der Waals surface area contributed by atoms with Crippen molar-refractivity contribution in [3.63, 3.8) is 0 Å². The van der Waals surface area contributed by atoms with Crippen LogP contribution >= 0.6 is 0 Å². The van der Waals surface area contributed by atoms with E-state index in [1.165, 1.54) is 18.5 Å². The van der Waals surface area contributed by atoms with Crippen molar-refractivity contribution in [3.8, 4) is 0 Å². The van der Waals surface area contributed by atoms with E-state index >= 15 is 0 Å². The highest BCUT2D eigenvalue weighted by atomic mass is 15.3. The van der Waals surface area contributed by atoms with E-state index in [0.717, 1.165) is 18.8 Å². The fourth-order valence-electron chi connectivity index (χ4n) is 2.51. The number of nitrogens with one attached hydrogen (secondary N) is 1. The maximum atomic E-state index is 4.55. The highest BCUT2D eigenvalue weighted by Gasteiger charge is 2.21. The van der Waals surface area contributed by atoms with Crippen LogP contribution in [0.5, 0.6) is 0 Å². The van der Waals surface area contributed by atoms with Gasteiger partial charge in [-0.25, -0.2) is 0 Å². The molecule has 0 amide bonds. The molecule has 2 unspecified atom stereocenters. The minimum absolute atomic E-state index is 0.432. The predicted molar refractivity (Wildman–Crippen MR) is 73.1 cm³/mol. The van der Waals surface area contributed by atoms with Gasteiger partial charge in [0.05, 0.1) is 17.4 Å². The minimum Gasteiger partial charge on any atom is -0.309 e. The zero-order chi connectivity index (χ0) is 12.8. The van der Waals surface area contributed by atoms with E-state index in [1.54, 1.807) is 0 Å². The molecular formula is C14H27N3. The molecule has 1 N–H and O–H groups in total. The third kappa shape index (κ3) is 3.56. The molecular weight excluding hydrogens is 210 g/mol. The third-order valence-corrected chi connectivity index (χ3v) is 3.29. The Bertz CT molecular complexity index is 330. The number of hydrogen-bond acceptors (Lipinski definition) is 2. The first-order valence-electron chi connectivity index (χ1n) is 6.91. The molecule has 3 heteroatoms. The molecule has 0 aromatic carbocycles. The zero-order valence-electron chi connectivity index (χ0n) is 12.0. The van der Waals surface area contributed by atoms with Gasteiger partial charge >= 0.3 is 0 Å². The molecule has 0 bridgehead atoms. The lowest BCUT2D eigenvalue weighted by molar-refractivity contribution is 0.348. The summed E-state index contributed by atoms with van der Waals surface area (Å²) < 4.78 is 2.13. The van der Waals surface area contributed by atoms with Crippen molar-refractivity contribution >= 4 is 0 Å². The summed E-state index contributed by atoms with van der Waals surface area (Å²) in [5, 5.41) is 8.16. The van der Waals surface area contributed by atoms with E-state index in [9.17, 15) is 0 Å². The van der Waals surface area contributed by atoms with Gasteiger partial charge in [-0.15, -0.1) is 0 Å².